The Morgan fingerprint density at radius 3 is 2.55 bits per heavy atom. The zero-order valence-electron chi connectivity index (χ0n) is 22.0. The van der Waals surface area contributed by atoms with E-state index in [4.69, 9.17) is 9.72 Å². The van der Waals surface area contributed by atoms with Crippen LogP contribution in [0.2, 0.25) is 0 Å². The summed E-state index contributed by atoms with van der Waals surface area (Å²) in [6.07, 6.45) is 4.44. The van der Waals surface area contributed by atoms with E-state index in [1.54, 1.807) is 12.1 Å². The molecule has 8 heteroatoms. The van der Waals surface area contributed by atoms with Crippen molar-refractivity contribution in [1.29, 1.82) is 5.26 Å². The van der Waals surface area contributed by atoms with Gasteiger partial charge < -0.3 is 19.8 Å². The van der Waals surface area contributed by atoms with Crippen molar-refractivity contribution in [1.82, 2.24) is 20.0 Å². The molecule has 1 unspecified atom stereocenters. The molecular formula is C30H31N5O3. The summed E-state index contributed by atoms with van der Waals surface area (Å²) in [5, 5.41) is 15.2. The van der Waals surface area contributed by atoms with E-state index < -0.39 is 0 Å². The average Bonchev–Trinajstić information content (AvgIpc) is 3.33. The lowest BCUT2D eigenvalue weighted by atomic mass is 10.0. The largest absolute Gasteiger partial charge is 0.490 e. The number of ether oxygens (including phenoxy) is 1. The highest BCUT2D eigenvalue weighted by molar-refractivity contribution is 5.94. The highest BCUT2D eigenvalue weighted by Crippen LogP contribution is 2.22. The van der Waals surface area contributed by atoms with Gasteiger partial charge in [0.2, 0.25) is 5.91 Å². The van der Waals surface area contributed by atoms with Crippen LogP contribution >= 0.6 is 0 Å². The number of amides is 2. The summed E-state index contributed by atoms with van der Waals surface area (Å²) in [4.78, 5) is 29.4. The first-order valence-corrected chi connectivity index (χ1v) is 12.5. The van der Waals surface area contributed by atoms with Crippen molar-refractivity contribution < 1.29 is 14.3 Å². The molecule has 2 aromatic carbocycles. The molecule has 4 rings (SSSR count). The number of aryl methyl sites for hydroxylation is 1. The first-order chi connectivity index (χ1) is 18.2. The number of nitrogens with one attached hydrogen (secondary N) is 2. The van der Waals surface area contributed by atoms with Crippen LogP contribution in [0, 0.1) is 18.3 Å². The third kappa shape index (κ3) is 6.37. The van der Waals surface area contributed by atoms with Crippen LogP contribution in [0.1, 0.15) is 47.8 Å². The first-order valence-electron chi connectivity index (χ1n) is 12.5. The number of benzene rings is 2. The molecule has 0 saturated carbocycles. The van der Waals surface area contributed by atoms with Gasteiger partial charge in [-0.05, 0) is 62.6 Å². The summed E-state index contributed by atoms with van der Waals surface area (Å²) in [6.45, 7) is 7.47. The van der Waals surface area contributed by atoms with Gasteiger partial charge in [0.25, 0.3) is 5.91 Å². The van der Waals surface area contributed by atoms with E-state index in [2.05, 4.69) is 16.7 Å². The molecule has 2 aromatic heterocycles. The van der Waals surface area contributed by atoms with Crippen molar-refractivity contribution in [3.63, 3.8) is 0 Å². The molecular weight excluding hydrogens is 478 g/mol. The highest BCUT2D eigenvalue weighted by atomic mass is 16.5. The van der Waals surface area contributed by atoms with E-state index in [1.807, 2.05) is 74.0 Å². The van der Waals surface area contributed by atoms with Gasteiger partial charge in [0.15, 0.2) is 0 Å². The van der Waals surface area contributed by atoms with Crippen molar-refractivity contribution in [3.8, 4) is 23.1 Å². The average molecular weight is 510 g/mol. The number of carbonyl (C=O) groups is 2. The van der Waals surface area contributed by atoms with Gasteiger partial charge in [0, 0.05) is 37.0 Å². The molecule has 38 heavy (non-hydrogen) atoms. The lowest BCUT2D eigenvalue weighted by Gasteiger charge is -2.19. The minimum Gasteiger partial charge on any atom is -0.490 e. The molecule has 4 aromatic rings. The standard InChI is InChI=1S/C30H31N5O3/c1-19(2)38-28-12-11-24(15-25(28)16-31)30(37)32-17-26(33-21(4)36)14-22-7-9-23(10-8-22)27-18-35-13-5-6-20(3)29(35)34-27/h5-13,15,18-19,26H,14,17H2,1-4H3,(H,32,37)(H,33,36). The Bertz CT molecular complexity index is 1500. The number of carbonyl (C=O) groups excluding carboxylic acids is 2. The van der Waals surface area contributed by atoms with E-state index in [0.29, 0.717) is 23.3 Å². The van der Waals surface area contributed by atoms with Crippen molar-refractivity contribution >= 4 is 17.5 Å². The summed E-state index contributed by atoms with van der Waals surface area (Å²) in [5.74, 6) is -0.0641. The number of aromatic nitrogens is 2. The minimum atomic E-state index is -0.328. The van der Waals surface area contributed by atoms with E-state index in [9.17, 15) is 14.9 Å². The normalized spacial score (nSPS) is 11.7. The van der Waals surface area contributed by atoms with Gasteiger partial charge in [-0.15, -0.1) is 0 Å². The van der Waals surface area contributed by atoms with Gasteiger partial charge in [-0.2, -0.15) is 5.26 Å². The summed E-state index contributed by atoms with van der Waals surface area (Å²) >= 11 is 0. The smallest absolute Gasteiger partial charge is 0.251 e. The Morgan fingerprint density at radius 2 is 1.89 bits per heavy atom. The topological polar surface area (TPSA) is 109 Å². The lowest BCUT2D eigenvalue weighted by molar-refractivity contribution is -0.119. The molecule has 2 amide bonds. The van der Waals surface area contributed by atoms with Gasteiger partial charge >= 0.3 is 0 Å². The molecule has 0 spiro atoms. The van der Waals surface area contributed by atoms with Crippen LogP contribution in [-0.2, 0) is 11.2 Å². The number of hydrogen-bond donors (Lipinski definition) is 2. The predicted molar refractivity (Wildman–Crippen MR) is 146 cm³/mol. The van der Waals surface area contributed by atoms with Crippen molar-refractivity contribution in [2.45, 2.75) is 46.3 Å². The molecule has 0 radical (unpaired) electrons. The maximum atomic E-state index is 12.8. The molecule has 8 nitrogen and oxygen atoms in total. The number of imidazole rings is 1. The lowest BCUT2D eigenvalue weighted by Crippen LogP contribution is -2.44. The first kappa shape index (κ1) is 26.4. The minimum absolute atomic E-state index is 0.0853. The number of nitriles is 1. The van der Waals surface area contributed by atoms with E-state index in [-0.39, 0.29) is 30.5 Å². The molecule has 0 aliphatic heterocycles. The Morgan fingerprint density at radius 1 is 1.13 bits per heavy atom. The van der Waals surface area contributed by atoms with Crippen LogP contribution in [0.4, 0.5) is 0 Å². The monoisotopic (exact) mass is 509 g/mol. The summed E-state index contributed by atoms with van der Waals surface area (Å²) < 4.78 is 7.64. The van der Waals surface area contributed by atoms with Crippen LogP contribution in [0.15, 0.2) is 67.0 Å². The van der Waals surface area contributed by atoms with E-state index in [0.717, 1.165) is 28.0 Å². The van der Waals surface area contributed by atoms with Crippen LogP contribution in [-0.4, -0.2) is 39.9 Å². The van der Waals surface area contributed by atoms with Crippen LogP contribution in [0.3, 0.4) is 0 Å². The van der Waals surface area contributed by atoms with Crippen LogP contribution in [0.5, 0.6) is 5.75 Å². The quantitative estimate of drug-likeness (QED) is 0.347. The van der Waals surface area contributed by atoms with Crippen molar-refractivity contribution in [3.05, 3.63) is 89.2 Å². The van der Waals surface area contributed by atoms with Gasteiger partial charge in [-0.25, -0.2) is 4.98 Å². The number of hydrogen-bond acceptors (Lipinski definition) is 5. The zero-order chi connectivity index (χ0) is 27.2. The Balaban J connectivity index is 1.43. The summed E-state index contributed by atoms with van der Waals surface area (Å²) in [6, 6.07) is 18.6. The Labute approximate surface area is 222 Å². The second-order valence-corrected chi connectivity index (χ2v) is 9.55. The molecule has 2 heterocycles. The fourth-order valence-electron chi connectivity index (χ4n) is 4.28. The maximum Gasteiger partial charge on any atom is 0.251 e. The second-order valence-electron chi connectivity index (χ2n) is 9.55. The summed E-state index contributed by atoms with van der Waals surface area (Å²) in [5.41, 5.74) is 5.59. The van der Waals surface area contributed by atoms with Gasteiger partial charge in [-0.1, -0.05) is 30.3 Å². The molecule has 194 valence electrons. The van der Waals surface area contributed by atoms with E-state index >= 15 is 0 Å². The third-order valence-electron chi connectivity index (χ3n) is 6.05. The second kappa shape index (κ2) is 11.6. The molecule has 0 fully saturated rings. The van der Waals surface area contributed by atoms with Crippen molar-refractivity contribution in [2.75, 3.05) is 6.54 Å². The molecule has 0 saturated heterocycles. The number of nitrogens with zero attached hydrogens (tertiary/aromatic N) is 3. The zero-order valence-corrected chi connectivity index (χ0v) is 22.0. The SMILES string of the molecule is CC(=O)NC(CNC(=O)c1ccc(OC(C)C)c(C#N)c1)Cc1ccc(-c2cn3cccc(C)c3n2)cc1. The maximum absolute atomic E-state index is 12.8. The van der Waals surface area contributed by atoms with Crippen molar-refractivity contribution in [2.24, 2.45) is 0 Å². The molecule has 0 aliphatic rings. The number of pyridine rings is 1. The van der Waals surface area contributed by atoms with Crippen LogP contribution in [0.25, 0.3) is 16.9 Å². The Hall–Kier alpha value is -4.64. The van der Waals surface area contributed by atoms with Gasteiger partial charge in [0.05, 0.1) is 23.4 Å². The molecule has 1 atom stereocenters. The fraction of sp³-hybridized carbons (Fsp3) is 0.267. The Kier molecular flexibility index (Phi) is 8.07. The third-order valence-corrected chi connectivity index (χ3v) is 6.05. The van der Waals surface area contributed by atoms with Gasteiger partial charge in [0.1, 0.15) is 17.5 Å². The number of rotatable bonds is 9. The number of fused-ring (bicyclic) bond motifs is 1. The highest BCUT2D eigenvalue weighted by Gasteiger charge is 2.16. The fourth-order valence-corrected chi connectivity index (χ4v) is 4.28. The van der Waals surface area contributed by atoms with E-state index in [1.165, 1.54) is 13.0 Å². The summed E-state index contributed by atoms with van der Waals surface area (Å²) in [7, 11) is 0. The molecule has 0 aliphatic carbocycles. The predicted octanol–water partition coefficient (Wildman–Crippen LogP) is 4.45. The molecule has 2 N–H and O–H groups in total. The van der Waals surface area contributed by atoms with Crippen LogP contribution < -0.4 is 15.4 Å². The molecule has 0 bridgehead atoms. The van der Waals surface area contributed by atoms with Gasteiger partial charge in [-0.3, -0.25) is 9.59 Å².